The average Bonchev–Trinajstić information content (AvgIpc) is 3.13. The summed E-state index contributed by atoms with van der Waals surface area (Å²) in [5.41, 5.74) is 2.54. The van der Waals surface area contributed by atoms with E-state index in [1.54, 1.807) is 6.92 Å². The highest BCUT2D eigenvalue weighted by molar-refractivity contribution is 6.31. The number of anilines is 1. The molecule has 2 aliphatic carbocycles. The van der Waals surface area contributed by atoms with Crippen molar-refractivity contribution in [2.45, 2.75) is 69.4 Å². The molecule has 52 heavy (non-hydrogen) atoms. The van der Waals surface area contributed by atoms with Crippen molar-refractivity contribution >= 4 is 23.0 Å². The molecule has 7 N–H and O–H groups in total. The number of hydrogen-bond donors (Lipinski definition) is 6. The van der Waals surface area contributed by atoms with Gasteiger partial charge in [0.25, 0.3) is 0 Å². The Labute approximate surface area is 299 Å². The van der Waals surface area contributed by atoms with Gasteiger partial charge in [-0.2, -0.15) is 0 Å². The molecule has 4 aromatic rings. The number of aliphatic hydroxyl groups is 2. The average molecular weight is 710 g/mol. The monoisotopic (exact) mass is 709 g/mol. The number of phenolic OH excluding ortho intramolecular Hbond substituents is 2. The maximum atomic E-state index is 13.9. The van der Waals surface area contributed by atoms with E-state index in [9.17, 15) is 34.8 Å². The third kappa shape index (κ3) is 5.90. The number of ether oxygens (including phenoxy) is 3. The van der Waals surface area contributed by atoms with Crippen molar-refractivity contribution in [2.24, 2.45) is 5.84 Å². The molecule has 13 heteroatoms. The van der Waals surface area contributed by atoms with Gasteiger partial charge in [0.1, 0.15) is 22.8 Å². The molecule has 1 heterocycles. The number of ketones is 3. The van der Waals surface area contributed by atoms with E-state index in [0.717, 1.165) is 11.1 Å². The number of aromatic hydroxyl groups is 2. The Kier molecular flexibility index (Phi) is 9.11. The van der Waals surface area contributed by atoms with E-state index in [2.05, 4.69) is 5.43 Å². The molecule has 4 aromatic carbocycles. The van der Waals surface area contributed by atoms with Crippen LogP contribution in [0.1, 0.15) is 75.8 Å². The van der Waals surface area contributed by atoms with E-state index in [-0.39, 0.29) is 40.8 Å². The minimum absolute atomic E-state index is 0.0192. The van der Waals surface area contributed by atoms with Gasteiger partial charge in [-0.05, 0) is 43.2 Å². The second-order valence-electron chi connectivity index (χ2n) is 13.5. The molecule has 0 saturated carbocycles. The highest BCUT2D eigenvalue weighted by Gasteiger charge is 2.49. The predicted molar refractivity (Wildman–Crippen MR) is 188 cm³/mol. The van der Waals surface area contributed by atoms with Gasteiger partial charge in [0.15, 0.2) is 17.9 Å². The van der Waals surface area contributed by atoms with Gasteiger partial charge in [-0.15, -0.1) is 0 Å². The molecule has 6 atom stereocenters. The summed E-state index contributed by atoms with van der Waals surface area (Å²) in [7, 11) is 1.34. The van der Waals surface area contributed by atoms with Crippen LogP contribution >= 0.6 is 0 Å². The largest absolute Gasteiger partial charge is 0.507 e. The van der Waals surface area contributed by atoms with Gasteiger partial charge in [0.05, 0.1) is 53.8 Å². The number of phenols is 2. The number of methoxy groups -OCH3 is 1. The van der Waals surface area contributed by atoms with E-state index in [4.69, 9.17) is 20.1 Å². The first-order chi connectivity index (χ1) is 24.8. The minimum Gasteiger partial charge on any atom is -0.507 e. The molecule has 0 bridgehead atoms. The lowest BCUT2D eigenvalue weighted by Crippen LogP contribution is -2.60. The lowest BCUT2D eigenvalue weighted by Gasteiger charge is -2.43. The Morgan fingerprint density at radius 1 is 0.942 bits per heavy atom. The maximum absolute atomic E-state index is 13.9. The van der Waals surface area contributed by atoms with Crippen LogP contribution in [-0.4, -0.2) is 75.0 Å². The summed E-state index contributed by atoms with van der Waals surface area (Å²) in [5.74, 6) is 3.11. The number of aliphatic hydroxyl groups excluding tert-OH is 1. The fraction of sp³-hybridized carbons (Fsp3) is 0.308. The first kappa shape index (κ1) is 35.3. The van der Waals surface area contributed by atoms with E-state index < -0.39 is 82.6 Å². The van der Waals surface area contributed by atoms with E-state index in [1.807, 2.05) is 54.6 Å². The number of hydrogen-bond acceptors (Lipinski definition) is 13. The number of Topliss-reactive ketones (excluding diaryl/α,β-unsaturated/α-hetero) is 1. The topological polar surface area (TPSA) is 201 Å². The Balaban J connectivity index is 1.20. The number of nitrogens with one attached hydrogen (secondary N) is 1. The van der Waals surface area contributed by atoms with Crippen molar-refractivity contribution < 1.29 is 49.0 Å². The zero-order valence-electron chi connectivity index (χ0n) is 28.7. The van der Waals surface area contributed by atoms with Crippen LogP contribution in [0.2, 0.25) is 0 Å². The van der Waals surface area contributed by atoms with Crippen LogP contribution in [-0.2, 0) is 20.7 Å². The van der Waals surface area contributed by atoms with Gasteiger partial charge < -0.3 is 34.6 Å². The Morgan fingerprint density at radius 3 is 2.29 bits per heavy atom. The summed E-state index contributed by atoms with van der Waals surface area (Å²) in [6.07, 6.45) is -5.01. The molecule has 13 nitrogen and oxygen atoms in total. The second kappa shape index (κ2) is 13.4. The molecule has 3 aliphatic rings. The Hall–Kier alpha value is -5.15. The van der Waals surface area contributed by atoms with Crippen LogP contribution in [0.3, 0.4) is 0 Å². The number of hydrazine groups is 2. The zero-order chi connectivity index (χ0) is 37.1. The van der Waals surface area contributed by atoms with Crippen molar-refractivity contribution in [3.63, 3.8) is 0 Å². The summed E-state index contributed by atoms with van der Waals surface area (Å²) >= 11 is 0. The number of benzene rings is 4. The standard InChI is InChI=1S/C39H39N3O10/c1-19-34(44)26(41-42(40)23-14-12-22(13-15-23)21-8-5-4-6-9-21)16-29(51-19)52-28-18-39(49,20(2)43)17-25-31(28)38(48)33-32(36(25)46)35(45)24-10-7-11-27(50-3)30(24)37(33)47/h4-15,19,26,28-29,34,41,44,46,48-49H,16-18,40H2,1-3H3/t19?,26?,28-,29?,34?,39-/m0/s1. The Bertz CT molecular complexity index is 2070. The molecule has 7 rings (SSSR count). The lowest BCUT2D eigenvalue weighted by molar-refractivity contribution is -0.249. The number of fused-ring (bicyclic) bond motifs is 3. The van der Waals surface area contributed by atoms with Gasteiger partial charge >= 0.3 is 0 Å². The molecule has 1 fully saturated rings. The molecule has 0 amide bonds. The minimum atomic E-state index is -2.06. The van der Waals surface area contributed by atoms with Crippen molar-refractivity contribution in [3.8, 4) is 28.4 Å². The van der Waals surface area contributed by atoms with Crippen LogP contribution in [0.15, 0.2) is 72.8 Å². The lowest BCUT2D eigenvalue weighted by atomic mass is 9.72. The number of nitrogens with zero attached hydrogens (tertiary/aromatic N) is 1. The number of nitrogens with two attached hydrogens (primary N) is 1. The first-order valence-corrected chi connectivity index (χ1v) is 16.9. The predicted octanol–water partition coefficient (Wildman–Crippen LogP) is 3.62. The summed E-state index contributed by atoms with van der Waals surface area (Å²) in [6.45, 7) is 2.83. The highest BCUT2D eigenvalue weighted by atomic mass is 16.7. The van der Waals surface area contributed by atoms with Crippen molar-refractivity contribution in [1.29, 1.82) is 0 Å². The third-order valence-electron chi connectivity index (χ3n) is 10.3. The molecule has 0 aromatic heterocycles. The van der Waals surface area contributed by atoms with Crippen LogP contribution in [0.4, 0.5) is 5.69 Å². The van der Waals surface area contributed by atoms with Gasteiger partial charge in [-0.25, -0.2) is 16.4 Å². The van der Waals surface area contributed by atoms with Crippen LogP contribution in [0, 0.1) is 0 Å². The maximum Gasteiger partial charge on any atom is 0.202 e. The van der Waals surface area contributed by atoms with Gasteiger partial charge in [-0.1, -0.05) is 54.6 Å². The van der Waals surface area contributed by atoms with E-state index in [1.165, 1.54) is 37.4 Å². The van der Waals surface area contributed by atoms with Crippen LogP contribution < -0.4 is 21.1 Å². The molecular weight excluding hydrogens is 670 g/mol. The summed E-state index contributed by atoms with van der Waals surface area (Å²) in [4.78, 5) is 40.5. The van der Waals surface area contributed by atoms with Crippen LogP contribution in [0.25, 0.3) is 11.1 Å². The summed E-state index contributed by atoms with van der Waals surface area (Å²) < 4.78 is 17.7. The van der Waals surface area contributed by atoms with Gasteiger partial charge in [-0.3, -0.25) is 14.4 Å². The smallest absolute Gasteiger partial charge is 0.202 e. The van der Waals surface area contributed by atoms with Gasteiger partial charge in [0.2, 0.25) is 5.78 Å². The Morgan fingerprint density at radius 2 is 1.62 bits per heavy atom. The molecule has 0 spiro atoms. The number of carbonyl (C=O) groups excluding carboxylic acids is 3. The SMILES string of the molecule is COc1cccc2c1C(=O)c1c(O)c3c(c(O)c1C2=O)C[C@@](O)(C(C)=O)C[C@@H]3OC1CC(NN(N)c2ccc(-c3ccccc3)cc2)C(O)C(C)O1. The van der Waals surface area contributed by atoms with Crippen molar-refractivity contribution in [1.82, 2.24) is 5.43 Å². The van der Waals surface area contributed by atoms with Gasteiger partial charge in [0, 0.05) is 36.0 Å². The fourth-order valence-corrected chi connectivity index (χ4v) is 7.45. The molecule has 270 valence electrons. The van der Waals surface area contributed by atoms with Crippen molar-refractivity contribution in [3.05, 3.63) is 106 Å². The first-order valence-electron chi connectivity index (χ1n) is 16.9. The van der Waals surface area contributed by atoms with Crippen molar-refractivity contribution in [2.75, 3.05) is 12.2 Å². The normalized spacial score (nSPS) is 25.2. The summed E-state index contributed by atoms with van der Waals surface area (Å²) in [5, 5.41) is 47.3. The quantitative estimate of drug-likeness (QED) is 0.0776. The number of carbonyl (C=O) groups is 3. The summed E-state index contributed by atoms with van der Waals surface area (Å²) in [6, 6.07) is 21.1. The third-order valence-corrected chi connectivity index (χ3v) is 10.3. The molecule has 1 saturated heterocycles. The number of rotatable bonds is 8. The van der Waals surface area contributed by atoms with Crippen LogP contribution in [0.5, 0.6) is 17.2 Å². The molecule has 0 radical (unpaired) electrons. The van der Waals surface area contributed by atoms with E-state index >= 15 is 0 Å². The van der Waals surface area contributed by atoms with E-state index in [0.29, 0.717) is 5.69 Å². The zero-order valence-corrected chi connectivity index (χ0v) is 28.7. The molecule has 1 aliphatic heterocycles. The molecule has 4 unspecified atom stereocenters. The second-order valence-corrected chi connectivity index (χ2v) is 13.5. The highest BCUT2D eigenvalue weighted by Crippen LogP contribution is 2.52. The fourth-order valence-electron chi connectivity index (χ4n) is 7.45. The molecular formula is C39H39N3O10.